The van der Waals surface area contributed by atoms with Crippen LogP contribution < -0.4 is 11.1 Å². The lowest BCUT2D eigenvalue weighted by Gasteiger charge is -2.02. The summed E-state index contributed by atoms with van der Waals surface area (Å²) in [4.78, 5) is 23.2. The number of amides is 1. The second-order valence-electron chi connectivity index (χ2n) is 3.02. The van der Waals surface area contributed by atoms with Gasteiger partial charge in [-0.05, 0) is 12.1 Å². The van der Waals surface area contributed by atoms with E-state index in [1.54, 1.807) is 12.1 Å². The Bertz CT molecular complexity index is 482. The molecule has 0 aromatic carbocycles. The molecule has 0 aliphatic carbocycles. The molecule has 0 radical (unpaired) electrons. The molecule has 2 aromatic heterocycles. The third kappa shape index (κ3) is 2.30. The molecule has 0 unspecified atom stereocenters. The van der Waals surface area contributed by atoms with Gasteiger partial charge in [-0.2, -0.15) is 0 Å². The summed E-state index contributed by atoms with van der Waals surface area (Å²) >= 11 is 0. The van der Waals surface area contributed by atoms with Crippen LogP contribution in [0.5, 0.6) is 0 Å². The lowest BCUT2D eigenvalue weighted by Crippen LogP contribution is -2.14. The first-order valence-electron chi connectivity index (χ1n) is 4.54. The highest BCUT2D eigenvalue weighted by Crippen LogP contribution is 2.06. The van der Waals surface area contributed by atoms with Crippen LogP contribution in [0.4, 0.5) is 11.5 Å². The second kappa shape index (κ2) is 4.35. The van der Waals surface area contributed by atoms with Gasteiger partial charge in [0.15, 0.2) is 0 Å². The number of pyridine rings is 1. The van der Waals surface area contributed by atoms with Crippen LogP contribution >= 0.6 is 0 Å². The van der Waals surface area contributed by atoms with E-state index in [0.29, 0.717) is 11.5 Å². The molecule has 0 saturated heterocycles. The fraction of sp³-hybridized carbons (Fsp3) is 0. The molecule has 0 fully saturated rings. The molecule has 80 valence electrons. The number of rotatable bonds is 2. The van der Waals surface area contributed by atoms with Crippen molar-refractivity contribution in [3.63, 3.8) is 0 Å². The molecule has 3 N–H and O–H groups in total. The average molecular weight is 215 g/mol. The van der Waals surface area contributed by atoms with Crippen LogP contribution in [0.25, 0.3) is 0 Å². The summed E-state index contributed by atoms with van der Waals surface area (Å²) in [5, 5.41) is 2.58. The summed E-state index contributed by atoms with van der Waals surface area (Å²) in [5.74, 6) is 0.0650. The van der Waals surface area contributed by atoms with Crippen molar-refractivity contribution in [2.24, 2.45) is 0 Å². The molecule has 0 saturated carbocycles. The van der Waals surface area contributed by atoms with Gasteiger partial charge in [-0.15, -0.1) is 0 Å². The van der Waals surface area contributed by atoms with Crippen molar-refractivity contribution in [1.82, 2.24) is 15.0 Å². The van der Waals surface area contributed by atoms with E-state index in [9.17, 15) is 4.79 Å². The zero-order valence-electron chi connectivity index (χ0n) is 8.29. The topological polar surface area (TPSA) is 93.8 Å². The molecule has 2 aromatic rings. The molecule has 0 atom stereocenters. The van der Waals surface area contributed by atoms with E-state index < -0.39 is 0 Å². The summed E-state index contributed by atoms with van der Waals surface area (Å²) in [6.07, 6.45) is 5.79. The van der Waals surface area contributed by atoms with Crippen LogP contribution in [0, 0.1) is 0 Å². The molecule has 6 nitrogen and oxygen atoms in total. The van der Waals surface area contributed by atoms with Gasteiger partial charge in [0.05, 0.1) is 18.1 Å². The van der Waals surface area contributed by atoms with Crippen LogP contribution in [0.15, 0.2) is 36.9 Å². The Hall–Kier alpha value is -2.50. The molecule has 0 aliphatic rings. The normalized spacial score (nSPS) is 9.75. The number of hydrogen-bond donors (Lipinski definition) is 2. The second-order valence-corrected chi connectivity index (χ2v) is 3.02. The van der Waals surface area contributed by atoms with Crippen molar-refractivity contribution in [2.45, 2.75) is 0 Å². The molecule has 1 amide bonds. The van der Waals surface area contributed by atoms with Gasteiger partial charge < -0.3 is 11.1 Å². The van der Waals surface area contributed by atoms with Crippen molar-refractivity contribution in [1.29, 1.82) is 0 Å². The van der Waals surface area contributed by atoms with Crippen LogP contribution in [-0.2, 0) is 0 Å². The maximum Gasteiger partial charge on any atom is 0.277 e. The van der Waals surface area contributed by atoms with Gasteiger partial charge in [0, 0.05) is 12.4 Å². The first-order valence-corrected chi connectivity index (χ1v) is 4.54. The van der Waals surface area contributed by atoms with Crippen LogP contribution in [0.2, 0.25) is 0 Å². The Morgan fingerprint density at radius 2 is 2.06 bits per heavy atom. The van der Waals surface area contributed by atoms with E-state index in [1.165, 1.54) is 24.8 Å². The van der Waals surface area contributed by atoms with E-state index in [-0.39, 0.29) is 11.6 Å². The molecule has 0 bridgehead atoms. The highest BCUT2D eigenvalue weighted by molar-refractivity contribution is 6.02. The zero-order valence-corrected chi connectivity index (χ0v) is 8.29. The first-order chi connectivity index (χ1) is 7.75. The maximum atomic E-state index is 11.6. The third-order valence-electron chi connectivity index (χ3n) is 1.82. The molecule has 0 spiro atoms. The minimum atomic E-state index is -0.356. The Kier molecular flexibility index (Phi) is 2.73. The molecular formula is C10H9N5O. The first kappa shape index (κ1) is 10.0. The van der Waals surface area contributed by atoms with Crippen LogP contribution in [0.1, 0.15) is 10.5 Å². The predicted molar refractivity (Wildman–Crippen MR) is 58.6 cm³/mol. The average Bonchev–Trinajstić information content (AvgIpc) is 2.33. The Morgan fingerprint density at radius 1 is 1.19 bits per heavy atom. The molecule has 0 aliphatic heterocycles. The molecule has 2 rings (SSSR count). The minimum Gasteiger partial charge on any atom is -0.397 e. The summed E-state index contributed by atoms with van der Waals surface area (Å²) in [6.45, 7) is 0. The number of aromatic nitrogens is 3. The Labute approximate surface area is 91.6 Å². The van der Waals surface area contributed by atoms with Gasteiger partial charge in [-0.25, -0.2) is 9.97 Å². The molecule has 16 heavy (non-hydrogen) atoms. The van der Waals surface area contributed by atoms with Crippen molar-refractivity contribution in [3.05, 3.63) is 42.6 Å². The lowest BCUT2D eigenvalue weighted by atomic mass is 10.4. The van der Waals surface area contributed by atoms with Crippen molar-refractivity contribution < 1.29 is 4.79 Å². The number of anilines is 2. The Morgan fingerprint density at radius 3 is 2.69 bits per heavy atom. The number of nitrogens with zero attached hydrogens (tertiary/aromatic N) is 3. The highest BCUT2D eigenvalue weighted by Gasteiger charge is 2.07. The summed E-state index contributed by atoms with van der Waals surface area (Å²) < 4.78 is 0. The number of nitrogens with two attached hydrogens (primary N) is 1. The quantitative estimate of drug-likeness (QED) is 0.769. The number of nitrogen functional groups attached to an aromatic ring is 1. The largest absolute Gasteiger partial charge is 0.397 e. The fourth-order valence-corrected chi connectivity index (χ4v) is 1.08. The standard InChI is InChI=1S/C10H9N5O/c11-7-1-2-9(14-5-7)15-10(16)8-6-12-3-4-13-8/h1-6H,11H2,(H,14,15,16). The summed E-state index contributed by atoms with van der Waals surface area (Å²) in [5.41, 5.74) is 6.25. The SMILES string of the molecule is Nc1ccc(NC(=O)c2cnccn2)nc1. The fourth-order valence-electron chi connectivity index (χ4n) is 1.08. The Balaban J connectivity index is 2.11. The van der Waals surface area contributed by atoms with Crippen molar-refractivity contribution >= 4 is 17.4 Å². The summed E-state index contributed by atoms with van der Waals surface area (Å²) in [7, 11) is 0. The van der Waals surface area contributed by atoms with E-state index in [0.717, 1.165) is 0 Å². The third-order valence-corrected chi connectivity index (χ3v) is 1.82. The minimum absolute atomic E-state index is 0.237. The van der Waals surface area contributed by atoms with Crippen molar-refractivity contribution in [2.75, 3.05) is 11.1 Å². The molecule has 2 heterocycles. The van der Waals surface area contributed by atoms with Gasteiger partial charge in [0.2, 0.25) is 0 Å². The maximum absolute atomic E-state index is 11.6. The van der Waals surface area contributed by atoms with Crippen molar-refractivity contribution in [3.8, 4) is 0 Å². The summed E-state index contributed by atoms with van der Waals surface area (Å²) in [6, 6.07) is 3.27. The van der Waals surface area contributed by atoms with Crippen LogP contribution in [-0.4, -0.2) is 20.9 Å². The van der Waals surface area contributed by atoms with Gasteiger partial charge in [0.25, 0.3) is 5.91 Å². The number of hydrogen-bond acceptors (Lipinski definition) is 5. The van der Waals surface area contributed by atoms with Gasteiger partial charge in [-0.1, -0.05) is 0 Å². The number of carbonyl (C=O) groups excluding carboxylic acids is 1. The highest BCUT2D eigenvalue weighted by atomic mass is 16.1. The van der Waals surface area contributed by atoms with E-state index in [1.807, 2.05) is 0 Å². The molecular weight excluding hydrogens is 206 g/mol. The lowest BCUT2D eigenvalue weighted by molar-refractivity contribution is 0.102. The van der Waals surface area contributed by atoms with Crippen LogP contribution in [0.3, 0.4) is 0 Å². The van der Waals surface area contributed by atoms with Gasteiger partial charge in [0.1, 0.15) is 11.5 Å². The smallest absolute Gasteiger partial charge is 0.277 e. The van der Waals surface area contributed by atoms with E-state index in [2.05, 4.69) is 20.3 Å². The molecule has 6 heteroatoms. The zero-order chi connectivity index (χ0) is 11.4. The van der Waals surface area contributed by atoms with E-state index in [4.69, 9.17) is 5.73 Å². The predicted octanol–water partition coefficient (Wildman–Crippen LogP) is 0.706. The number of nitrogens with one attached hydrogen (secondary N) is 1. The number of carbonyl (C=O) groups is 1. The van der Waals surface area contributed by atoms with E-state index >= 15 is 0 Å². The van der Waals surface area contributed by atoms with Gasteiger partial charge >= 0.3 is 0 Å². The van der Waals surface area contributed by atoms with Gasteiger partial charge in [-0.3, -0.25) is 9.78 Å². The monoisotopic (exact) mass is 215 g/mol.